The highest BCUT2D eigenvalue weighted by molar-refractivity contribution is 5.94. The van der Waals surface area contributed by atoms with E-state index in [0.717, 1.165) is 43.7 Å². The third-order valence-corrected chi connectivity index (χ3v) is 5.32. The van der Waals surface area contributed by atoms with Crippen molar-refractivity contribution in [2.75, 3.05) is 25.1 Å². The summed E-state index contributed by atoms with van der Waals surface area (Å²) in [5, 5.41) is 16.7. The number of carbonyl (C=O) groups excluding carboxylic acids is 1. The number of methoxy groups -OCH3 is 1. The molecule has 1 saturated heterocycles. The van der Waals surface area contributed by atoms with Crippen LogP contribution in [0.2, 0.25) is 0 Å². The minimum Gasteiger partial charge on any atom is -0.504 e. The van der Waals surface area contributed by atoms with Crippen LogP contribution in [0, 0.1) is 0 Å². The van der Waals surface area contributed by atoms with Gasteiger partial charge >= 0.3 is 0 Å². The van der Waals surface area contributed by atoms with Gasteiger partial charge in [-0.3, -0.25) is 4.79 Å². The first kappa shape index (κ1) is 18.6. The number of nitrogens with one attached hydrogen (secondary N) is 2. The number of aromatic nitrogens is 1. The lowest BCUT2D eigenvalue weighted by molar-refractivity contribution is 0.0950. The van der Waals surface area contributed by atoms with Gasteiger partial charge in [0.05, 0.1) is 12.7 Å². The van der Waals surface area contributed by atoms with Crippen LogP contribution in [0.5, 0.6) is 11.5 Å². The Balaban J connectivity index is 1.31. The van der Waals surface area contributed by atoms with Crippen molar-refractivity contribution in [1.29, 1.82) is 0 Å². The normalized spacial score (nSPS) is 18.9. The molecule has 1 aliphatic heterocycles. The van der Waals surface area contributed by atoms with Crippen LogP contribution < -0.4 is 20.3 Å². The van der Waals surface area contributed by atoms with Crippen molar-refractivity contribution in [1.82, 2.24) is 15.6 Å². The zero-order valence-corrected chi connectivity index (χ0v) is 16.0. The molecule has 2 aliphatic rings. The summed E-state index contributed by atoms with van der Waals surface area (Å²) < 4.78 is 5.16. The van der Waals surface area contributed by atoms with Crippen LogP contribution in [0.4, 0.5) is 5.82 Å². The number of aromatic hydroxyl groups is 1. The van der Waals surface area contributed by atoms with Crippen molar-refractivity contribution in [3.8, 4) is 11.5 Å². The number of amides is 1. The Morgan fingerprint density at radius 1 is 1.25 bits per heavy atom. The lowest BCUT2D eigenvalue weighted by Gasteiger charge is -2.18. The second-order valence-electron chi connectivity index (χ2n) is 7.43. The molecule has 2 aromatic rings. The summed E-state index contributed by atoms with van der Waals surface area (Å²) >= 11 is 0. The first-order valence-electron chi connectivity index (χ1n) is 9.74. The monoisotopic (exact) mass is 382 g/mol. The van der Waals surface area contributed by atoms with E-state index in [0.29, 0.717) is 29.9 Å². The van der Waals surface area contributed by atoms with Crippen molar-refractivity contribution in [2.24, 2.45) is 0 Å². The fourth-order valence-corrected chi connectivity index (χ4v) is 3.47. The van der Waals surface area contributed by atoms with Gasteiger partial charge in [-0.15, -0.1) is 0 Å². The molecular formula is C21H26N4O3. The van der Waals surface area contributed by atoms with Crippen LogP contribution in [0.1, 0.15) is 35.2 Å². The molecule has 7 heteroatoms. The summed E-state index contributed by atoms with van der Waals surface area (Å²) in [5.74, 6) is 1.52. The topological polar surface area (TPSA) is 86.7 Å². The quantitative estimate of drug-likeness (QED) is 0.680. The van der Waals surface area contributed by atoms with Gasteiger partial charge in [0.2, 0.25) is 0 Å². The summed E-state index contributed by atoms with van der Waals surface area (Å²) in [7, 11) is 1.55. The number of ether oxygens (including phenoxy) is 1. The molecule has 1 atom stereocenters. The molecule has 1 aromatic heterocycles. The molecule has 1 unspecified atom stereocenters. The lowest BCUT2D eigenvalue weighted by Crippen LogP contribution is -2.32. The van der Waals surface area contributed by atoms with Crippen molar-refractivity contribution >= 4 is 11.7 Å². The van der Waals surface area contributed by atoms with Crippen molar-refractivity contribution in [3.05, 3.63) is 47.7 Å². The summed E-state index contributed by atoms with van der Waals surface area (Å²) in [4.78, 5) is 18.8. The molecule has 4 rings (SSSR count). The number of benzene rings is 1. The molecule has 1 saturated carbocycles. The SMILES string of the molecule is COc1cccc(CNC2CCN(c3ccc(C(=O)NC4CC4)cn3)C2)c1O. The Morgan fingerprint density at radius 2 is 2.11 bits per heavy atom. The molecular weight excluding hydrogens is 356 g/mol. The second kappa shape index (κ2) is 8.06. The third-order valence-electron chi connectivity index (χ3n) is 5.32. The van der Waals surface area contributed by atoms with Crippen molar-refractivity contribution in [3.63, 3.8) is 0 Å². The van der Waals surface area contributed by atoms with Gasteiger partial charge in [0.25, 0.3) is 5.91 Å². The number of hydrogen-bond donors (Lipinski definition) is 3. The Morgan fingerprint density at radius 3 is 2.82 bits per heavy atom. The molecule has 0 radical (unpaired) electrons. The molecule has 1 aliphatic carbocycles. The summed E-state index contributed by atoms with van der Waals surface area (Å²) in [6, 6.07) is 9.93. The van der Waals surface area contributed by atoms with Crippen LogP contribution in [0.25, 0.3) is 0 Å². The van der Waals surface area contributed by atoms with Gasteiger partial charge in [-0.2, -0.15) is 0 Å². The predicted molar refractivity (Wildman–Crippen MR) is 107 cm³/mol. The van der Waals surface area contributed by atoms with E-state index in [1.807, 2.05) is 24.3 Å². The highest BCUT2D eigenvalue weighted by Crippen LogP contribution is 2.29. The summed E-state index contributed by atoms with van der Waals surface area (Å²) in [5.41, 5.74) is 1.43. The lowest BCUT2D eigenvalue weighted by atomic mass is 10.1. The molecule has 3 N–H and O–H groups in total. The van der Waals surface area contributed by atoms with E-state index in [2.05, 4.69) is 20.5 Å². The van der Waals surface area contributed by atoms with Gasteiger partial charge in [-0.25, -0.2) is 4.98 Å². The van der Waals surface area contributed by atoms with E-state index < -0.39 is 0 Å². The largest absolute Gasteiger partial charge is 0.504 e. The van der Waals surface area contributed by atoms with E-state index >= 15 is 0 Å². The van der Waals surface area contributed by atoms with E-state index in [4.69, 9.17) is 4.74 Å². The van der Waals surface area contributed by atoms with E-state index in [-0.39, 0.29) is 11.7 Å². The molecule has 28 heavy (non-hydrogen) atoms. The fourth-order valence-electron chi connectivity index (χ4n) is 3.47. The second-order valence-corrected chi connectivity index (χ2v) is 7.43. The molecule has 0 bridgehead atoms. The number of anilines is 1. The minimum absolute atomic E-state index is 0.0411. The van der Waals surface area contributed by atoms with Gasteiger partial charge in [0.15, 0.2) is 11.5 Å². The molecule has 148 valence electrons. The number of para-hydroxylation sites is 1. The zero-order valence-electron chi connectivity index (χ0n) is 16.0. The summed E-state index contributed by atoms with van der Waals surface area (Å²) in [6.07, 6.45) is 4.80. The molecule has 0 spiro atoms. The number of nitrogens with zero attached hydrogens (tertiary/aromatic N) is 2. The van der Waals surface area contributed by atoms with Gasteiger partial charge in [-0.1, -0.05) is 12.1 Å². The van der Waals surface area contributed by atoms with Gasteiger partial charge in [-0.05, 0) is 37.5 Å². The fraction of sp³-hybridized carbons (Fsp3) is 0.429. The zero-order chi connectivity index (χ0) is 19.5. The minimum atomic E-state index is -0.0411. The number of phenols is 1. The first-order valence-corrected chi connectivity index (χ1v) is 9.74. The van der Waals surface area contributed by atoms with Gasteiger partial charge < -0.3 is 25.4 Å². The maximum atomic E-state index is 12.1. The van der Waals surface area contributed by atoms with Crippen LogP contribution in [0.15, 0.2) is 36.5 Å². The van der Waals surface area contributed by atoms with Gasteiger partial charge in [0, 0.05) is 43.5 Å². The van der Waals surface area contributed by atoms with Crippen LogP contribution in [0.3, 0.4) is 0 Å². The molecule has 2 fully saturated rings. The molecule has 1 amide bonds. The molecule has 1 aromatic carbocycles. The van der Waals surface area contributed by atoms with Crippen LogP contribution in [-0.4, -0.2) is 48.3 Å². The smallest absolute Gasteiger partial charge is 0.253 e. The maximum Gasteiger partial charge on any atom is 0.253 e. The van der Waals surface area contributed by atoms with Crippen LogP contribution in [-0.2, 0) is 6.54 Å². The Bertz CT molecular complexity index is 836. The Hall–Kier alpha value is -2.80. The van der Waals surface area contributed by atoms with Crippen molar-refractivity contribution < 1.29 is 14.6 Å². The standard InChI is InChI=1S/C21H26N4O3/c1-28-18-4-2-3-14(20(18)26)11-22-17-9-10-25(13-17)19-8-5-15(12-23-19)21(27)24-16-6-7-16/h2-5,8,12,16-17,22,26H,6-7,9-11,13H2,1H3,(H,24,27). The Labute approximate surface area is 164 Å². The highest BCUT2D eigenvalue weighted by atomic mass is 16.5. The number of phenolic OH excluding ortho intramolecular Hbond substituents is 1. The molecule has 2 heterocycles. The van der Waals surface area contributed by atoms with Gasteiger partial charge in [0.1, 0.15) is 5.82 Å². The molecule has 7 nitrogen and oxygen atoms in total. The number of pyridine rings is 1. The Kier molecular flexibility index (Phi) is 5.34. The predicted octanol–water partition coefficient (Wildman–Crippen LogP) is 2.06. The van der Waals surface area contributed by atoms with Crippen molar-refractivity contribution in [2.45, 2.75) is 37.9 Å². The van der Waals surface area contributed by atoms with E-state index in [1.54, 1.807) is 19.4 Å². The maximum absolute atomic E-state index is 12.1. The van der Waals surface area contributed by atoms with E-state index in [9.17, 15) is 9.90 Å². The highest BCUT2D eigenvalue weighted by Gasteiger charge is 2.25. The number of hydrogen-bond acceptors (Lipinski definition) is 6. The average molecular weight is 382 g/mol. The first-order chi connectivity index (χ1) is 13.6. The van der Waals surface area contributed by atoms with Crippen LogP contribution >= 0.6 is 0 Å². The number of carbonyl (C=O) groups is 1. The number of rotatable bonds is 7. The summed E-state index contributed by atoms with van der Waals surface area (Å²) in [6.45, 7) is 2.32. The van der Waals surface area contributed by atoms with E-state index in [1.165, 1.54) is 0 Å². The third kappa shape index (κ3) is 4.20. The average Bonchev–Trinajstić information content (AvgIpc) is 3.40.